The summed E-state index contributed by atoms with van der Waals surface area (Å²) in [5.41, 5.74) is 2.91. The highest BCUT2D eigenvalue weighted by Crippen LogP contribution is 2.31. The first-order chi connectivity index (χ1) is 15.6. The predicted molar refractivity (Wildman–Crippen MR) is 122 cm³/mol. The van der Waals surface area contributed by atoms with Gasteiger partial charge < -0.3 is 9.88 Å². The lowest BCUT2D eigenvalue weighted by Crippen LogP contribution is -2.43. The first kappa shape index (κ1) is 20.8. The Bertz CT molecular complexity index is 1180. The normalized spacial score (nSPS) is 16.6. The fourth-order valence-corrected chi connectivity index (χ4v) is 4.74. The van der Waals surface area contributed by atoms with Crippen molar-refractivity contribution < 1.29 is 8.78 Å². The summed E-state index contributed by atoms with van der Waals surface area (Å²) in [6, 6.07) is 12.6. The number of halogens is 2. The van der Waals surface area contributed by atoms with E-state index in [4.69, 9.17) is 0 Å². The van der Waals surface area contributed by atoms with Gasteiger partial charge in [0.2, 0.25) is 0 Å². The summed E-state index contributed by atoms with van der Waals surface area (Å²) in [5, 5.41) is 8.05. The summed E-state index contributed by atoms with van der Waals surface area (Å²) in [5.74, 6) is 0.467. The van der Waals surface area contributed by atoms with Crippen molar-refractivity contribution >= 4 is 10.9 Å². The highest BCUT2D eigenvalue weighted by Gasteiger charge is 2.34. The van der Waals surface area contributed by atoms with E-state index in [1.165, 1.54) is 29.4 Å². The Kier molecular flexibility index (Phi) is 5.74. The zero-order chi connectivity index (χ0) is 22.0. The molecule has 0 aliphatic carbocycles. The molecule has 2 aromatic carbocycles. The second-order valence-corrected chi connectivity index (χ2v) is 8.81. The highest BCUT2D eigenvalue weighted by molar-refractivity contribution is 5.87. The van der Waals surface area contributed by atoms with Crippen molar-refractivity contribution in [1.82, 2.24) is 25.1 Å². The van der Waals surface area contributed by atoms with Gasteiger partial charge in [0.05, 0.1) is 0 Å². The van der Waals surface area contributed by atoms with Crippen molar-refractivity contribution in [3.05, 3.63) is 71.9 Å². The van der Waals surface area contributed by atoms with E-state index in [-0.39, 0.29) is 5.82 Å². The van der Waals surface area contributed by atoms with Crippen LogP contribution in [0, 0.1) is 5.82 Å². The lowest BCUT2D eigenvalue weighted by molar-refractivity contribution is 0.0581. The molecule has 0 radical (unpaired) electrons. The Balaban J connectivity index is 1.15. The van der Waals surface area contributed by atoms with E-state index >= 15 is 4.39 Å². The lowest BCUT2D eigenvalue weighted by atomic mass is 9.87. The number of alkyl halides is 1. The molecular weight excluding hydrogens is 408 g/mol. The molecule has 32 heavy (non-hydrogen) atoms. The molecule has 0 unspecified atom stereocenters. The van der Waals surface area contributed by atoms with Gasteiger partial charge in [-0.05, 0) is 73.7 Å². The Morgan fingerprint density at radius 2 is 1.97 bits per heavy atom. The molecule has 166 valence electrons. The summed E-state index contributed by atoms with van der Waals surface area (Å²) >= 11 is 0. The number of H-pyrrole nitrogens is 2. The van der Waals surface area contributed by atoms with Crippen molar-refractivity contribution in [3.63, 3.8) is 0 Å². The van der Waals surface area contributed by atoms with Gasteiger partial charge in [0.1, 0.15) is 17.8 Å². The van der Waals surface area contributed by atoms with Crippen LogP contribution in [-0.4, -0.2) is 50.4 Å². The zero-order valence-electron chi connectivity index (χ0n) is 18.0. The fourth-order valence-electron chi connectivity index (χ4n) is 4.74. The molecule has 0 saturated carbocycles. The van der Waals surface area contributed by atoms with Crippen molar-refractivity contribution in [2.75, 3.05) is 19.6 Å². The van der Waals surface area contributed by atoms with Gasteiger partial charge in [0, 0.05) is 42.2 Å². The molecule has 1 fully saturated rings. The maximum absolute atomic E-state index is 15.3. The molecule has 7 heteroatoms. The van der Waals surface area contributed by atoms with Gasteiger partial charge in [-0.2, -0.15) is 5.10 Å². The molecule has 0 amide bonds. The van der Waals surface area contributed by atoms with Crippen LogP contribution in [-0.2, 0) is 12.8 Å². The number of aromatic amines is 2. The Morgan fingerprint density at radius 1 is 1.09 bits per heavy atom. The average Bonchev–Trinajstić information content (AvgIpc) is 3.45. The van der Waals surface area contributed by atoms with Crippen LogP contribution < -0.4 is 0 Å². The Morgan fingerprint density at radius 3 is 2.75 bits per heavy atom. The average molecular weight is 436 g/mol. The van der Waals surface area contributed by atoms with Gasteiger partial charge in [-0.1, -0.05) is 12.1 Å². The number of benzene rings is 2. The SMILES string of the molecule is Fc1cccc(CC2(F)CCN(CCCc3c[nH]c4ccc(-c5ncn[nH]5)cc34)CC2)c1. The van der Waals surface area contributed by atoms with E-state index < -0.39 is 5.67 Å². The Hall–Kier alpha value is -3.06. The van der Waals surface area contributed by atoms with Crippen molar-refractivity contribution in [1.29, 1.82) is 0 Å². The maximum Gasteiger partial charge on any atom is 0.155 e. The number of hydrogen-bond acceptors (Lipinski definition) is 3. The van der Waals surface area contributed by atoms with Gasteiger partial charge in [0.15, 0.2) is 5.82 Å². The van der Waals surface area contributed by atoms with Gasteiger partial charge in [0.25, 0.3) is 0 Å². The van der Waals surface area contributed by atoms with E-state index in [0.717, 1.165) is 54.9 Å². The molecule has 5 nitrogen and oxygen atoms in total. The number of fused-ring (bicyclic) bond motifs is 1. The minimum atomic E-state index is -1.24. The molecule has 1 aliphatic rings. The van der Waals surface area contributed by atoms with Crippen LogP contribution in [0.3, 0.4) is 0 Å². The number of aromatic nitrogens is 4. The van der Waals surface area contributed by atoms with E-state index in [1.54, 1.807) is 6.07 Å². The lowest BCUT2D eigenvalue weighted by Gasteiger charge is -2.36. The maximum atomic E-state index is 15.3. The third kappa shape index (κ3) is 4.58. The second kappa shape index (κ2) is 8.82. The second-order valence-electron chi connectivity index (χ2n) is 8.81. The number of aryl methyl sites for hydroxylation is 1. The minimum Gasteiger partial charge on any atom is -0.361 e. The van der Waals surface area contributed by atoms with Crippen LogP contribution in [0.5, 0.6) is 0 Å². The number of nitrogens with one attached hydrogen (secondary N) is 2. The van der Waals surface area contributed by atoms with Crippen molar-refractivity contribution in [2.24, 2.45) is 0 Å². The van der Waals surface area contributed by atoms with Crippen LogP contribution in [0.1, 0.15) is 30.4 Å². The monoisotopic (exact) mass is 435 g/mol. The van der Waals surface area contributed by atoms with Gasteiger partial charge >= 0.3 is 0 Å². The smallest absolute Gasteiger partial charge is 0.155 e. The molecule has 0 atom stereocenters. The minimum absolute atomic E-state index is 0.293. The van der Waals surface area contributed by atoms with Crippen molar-refractivity contribution in [2.45, 2.75) is 37.8 Å². The molecule has 2 N–H and O–H groups in total. The molecule has 3 heterocycles. The van der Waals surface area contributed by atoms with Crippen LogP contribution >= 0.6 is 0 Å². The largest absolute Gasteiger partial charge is 0.361 e. The number of likely N-dealkylation sites (tertiary alicyclic amines) is 1. The predicted octanol–water partition coefficient (Wildman–Crippen LogP) is 5.07. The summed E-state index contributed by atoms with van der Waals surface area (Å²) < 4.78 is 28.7. The topological polar surface area (TPSA) is 60.6 Å². The first-order valence-electron chi connectivity index (χ1n) is 11.2. The molecule has 0 spiro atoms. The molecule has 2 aromatic heterocycles. The highest BCUT2D eigenvalue weighted by atomic mass is 19.1. The summed E-state index contributed by atoms with van der Waals surface area (Å²) in [4.78, 5) is 9.94. The van der Waals surface area contributed by atoms with Gasteiger partial charge in [-0.15, -0.1) is 0 Å². The van der Waals surface area contributed by atoms with Crippen LogP contribution in [0.15, 0.2) is 55.0 Å². The molecule has 1 aliphatic heterocycles. The molecule has 1 saturated heterocycles. The van der Waals surface area contributed by atoms with Crippen LogP contribution in [0.4, 0.5) is 8.78 Å². The number of nitrogens with zero attached hydrogens (tertiary/aromatic N) is 3. The van der Waals surface area contributed by atoms with Gasteiger partial charge in [-0.25, -0.2) is 13.8 Å². The molecule has 4 aromatic rings. The summed E-state index contributed by atoms with van der Waals surface area (Å²) in [7, 11) is 0. The van der Waals surface area contributed by atoms with Crippen molar-refractivity contribution in [3.8, 4) is 11.4 Å². The fraction of sp³-hybridized carbons (Fsp3) is 0.360. The third-order valence-electron chi connectivity index (χ3n) is 6.54. The van der Waals surface area contributed by atoms with Crippen LogP contribution in [0.25, 0.3) is 22.3 Å². The quantitative estimate of drug-likeness (QED) is 0.426. The Labute approximate surface area is 185 Å². The summed E-state index contributed by atoms with van der Waals surface area (Å²) in [6.45, 7) is 2.44. The van der Waals surface area contributed by atoms with E-state index in [0.29, 0.717) is 19.3 Å². The summed E-state index contributed by atoms with van der Waals surface area (Å²) in [6.07, 6.45) is 6.86. The standard InChI is InChI=1S/C25H27F2N5/c26-21-5-1-3-18(13-21)15-25(27)8-11-32(12-9-25)10-2-4-20-16-28-23-7-6-19(14-22(20)23)24-29-17-30-31-24/h1,3,5-7,13-14,16-17,28H,2,4,8-12,15H2,(H,29,30,31). The zero-order valence-corrected chi connectivity index (χ0v) is 18.0. The number of rotatable bonds is 7. The van der Waals surface area contributed by atoms with E-state index in [9.17, 15) is 4.39 Å². The first-order valence-corrected chi connectivity index (χ1v) is 11.2. The number of hydrogen-bond donors (Lipinski definition) is 2. The molecular formula is C25H27F2N5. The molecule has 5 rings (SSSR count). The molecule has 0 bridgehead atoms. The van der Waals surface area contributed by atoms with E-state index in [1.807, 2.05) is 12.1 Å². The number of piperidine rings is 1. The van der Waals surface area contributed by atoms with Crippen LogP contribution in [0.2, 0.25) is 0 Å². The van der Waals surface area contributed by atoms with Gasteiger partial charge in [-0.3, -0.25) is 5.10 Å². The van der Waals surface area contributed by atoms with E-state index in [2.05, 4.69) is 43.4 Å². The third-order valence-corrected chi connectivity index (χ3v) is 6.54.